The lowest BCUT2D eigenvalue weighted by molar-refractivity contribution is 0.254. The first-order valence-electron chi connectivity index (χ1n) is 8.66. The number of nitrogens with one attached hydrogen (secondary N) is 2. The Bertz CT molecular complexity index is 859. The van der Waals surface area contributed by atoms with Gasteiger partial charge in [0.25, 0.3) is 0 Å². The molecule has 1 aliphatic rings. The zero-order valence-electron chi connectivity index (χ0n) is 14.5. The lowest BCUT2D eigenvalue weighted by Gasteiger charge is -2.14. The van der Waals surface area contributed by atoms with E-state index in [-0.39, 0.29) is 12.1 Å². The molecule has 1 aromatic carbocycles. The number of hydrogen-bond acceptors (Lipinski definition) is 4. The van der Waals surface area contributed by atoms with Gasteiger partial charge in [0.1, 0.15) is 11.9 Å². The minimum Gasteiger partial charge on any atom is -0.490 e. The largest absolute Gasteiger partial charge is 0.490 e. The molecule has 2 atom stereocenters. The molecule has 25 heavy (non-hydrogen) atoms. The van der Waals surface area contributed by atoms with E-state index in [1.807, 2.05) is 18.3 Å². The number of aromatic nitrogens is 3. The van der Waals surface area contributed by atoms with Gasteiger partial charge < -0.3 is 10.1 Å². The second-order valence-corrected chi connectivity index (χ2v) is 6.62. The van der Waals surface area contributed by atoms with Crippen LogP contribution in [0.2, 0.25) is 0 Å². The molecule has 0 saturated carbocycles. The topological polar surface area (TPSA) is 62.8 Å². The average Bonchev–Trinajstić information content (AvgIpc) is 3.25. The van der Waals surface area contributed by atoms with Crippen LogP contribution in [0.3, 0.4) is 0 Å². The van der Waals surface area contributed by atoms with E-state index in [0.29, 0.717) is 0 Å². The molecule has 3 heterocycles. The number of ether oxygens (including phenoxy) is 1. The van der Waals surface area contributed by atoms with Crippen molar-refractivity contribution in [1.29, 1.82) is 0 Å². The van der Waals surface area contributed by atoms with E-state index in [2.05, 4.69) is 58.6 Å². The molecule has 3 aromatic rings. The highest BCUT2D eigenvalue weighted by molar-refractivity contribution is 5.57. The first-order chi connectivity index (χ1) is 12.2. The van der Waals surface area contributed by atoms with Gasteiger partial charge >= 0.3 is 0 Å². The van der Waals surface area contributed by atoms with Gasteiger partial charge in [-0.1, -0.05) is 12.1 Å². The summed E-state index contributed by atoms with van der Waals surface area (Å²) in [5.74, 6) is 1.03. The molecule has 0 fully saturated rings. The van der Waals surface area contributed by atoms with Crippen molar-refractivity contribution in [3.63, 3.8) is 0 Å². The highest BCUT2D eigenvalue weighted by atomic mass is 16.5. The Morgan fingerprint density at radius 3 is 3.08 bits per heavy atom. The van der Waals surface area contributed by atoms with Crippen molar-refractivity contribution in [2.45, 2.75) is 39.0 Å². The first kappa shape index (κ1) is 15.8. The molecule has 1 aliphatic heterocycles. The van der Waals surface area contributed by atoms with Crippen LogP contribution in [0.4, 0.5) is 0 Å². The SMILES string of the molecule is CC1Cc2cc([C@@H](C)NCc3cc(-c4cccnc4)n[nH]3)ccc2O1. The van der Waals surface area contributed by atoms with Gasteiger partial charge in [0.05, 0.1) is 5.69 Å². The third-order valence-electron chi connectivity index (χ3n) is 4.61. The van der Waals surface area contributed by atoms with Crippen LogP contribution in [0, 0.1) is 0 Å². The second kappa shape index (κ2) is 6.69. The molecule has 0 amide bonds. The van der Waals surface area contributed by atoms with Gasteiger partial charge in [-0.2, -0.15) is 5.10 Å². The molecule has 0 aliphatic carbocycles. The molecule has 2 aromatic heterocycles. The lowest BCUT2D eigenvalue weighted by Crippen LogP contribution is -2.18. The molecule has 4 rings (SSSR count). The third kappa shape index (κ3) is 3.42. The van der Waals surface area contributed by atoms with Gasteiger partial charge in [0, 0.05) is 42.7 Å². The van der Waals surface area contributed by atoms with Crippen molar-refractivity contribution >= 4 is 0 Å². The van der Waals surface area contributed by atoms with E-state index in [1.54, 1.807) is 6.20 Å². The normalized spacial score (nSPS) is 17.1. The number of fused-ring (bicyclic) bond motifs is 1. The summed E-state index contributed by atoms with van der Waals surface area (Å²) in [4.78, 5) is 4.14. The predicted octanol–water partition coefficient (Wildman–Crippen LogP) is 3.65. The number of benzene rings is 1. The van der Waals surface area contributed by atoms with Crippen molar-refractivity contribution in [1.82, 2.24) is 20.5 Å². The number of nitrogens with zero attached hydrogens (tertiary/aromatic N) is 2. The molecular formula is C20H22N4O. The zero-order chi connectivity index (χ0) is 17.2. The lowest BCUT2D eigenvalue weighted by atomic mass is 10.0. The summed E-state index contributed by atoms with van der Waals surface area (Å²) in [6.07, 6.45) is 4.86. The summed E-state index contributed by atoms with van der Waals surface area (Å²) >= 11 is 0. The van der Waals surface area contributed by atoms with Crippen LogP contribution in [0.5, 0.6) is 5.75 Å². The quantitative estimate of drug-likeness (QED) is 0.748. The minimum absolute atomic E-state index is 0.256. The molecule has 0 radical (unpaired) electrons. The molecular weight excluding hydrogens is 312 g/mol. The third-order valence-corrected chi connectivity index (χ3v) is 4.61. The summed E-state index contributed by atoms with van der Waals surface area (Å²) in [5, 5.41) is 11.0. The molecule has 5 nitrogen and oxygen atoms in total. The van der Waals surface area contributed by atoms with Crippen molar-refractivity contribution in [3.05, 3.63) is 65.6 Å². The average molecular weight is 334 g/mol. The fourth-order valence-electron chi connectivity index (χ4n) is 3.21. The standard InChI is InChI=1S/C20H22N4O/c1-13-8-17-9-15(5-6-20(17)25-13)14(2)22-12-18-10-19(24-23-18)16-4-3-7-21-11-16/h3-7,9-11,13-14,22H,8,12H2,1-2H3,(H,23,24)/t13?,14-/m1/s1. The number of hydrogen-bond donors (Lipinski definition) is 2. The van der Waals surface area contributed by atoms with E-state index in [9.17, 15) is 0 Å². The van der Waals surface area contributed by atoms with Crippen LogP contribution < -0.4 is 10.1 Å². The summed E-state index contributed by atoms with van der Waals surface area (Å²) in [5.41, 5.74) is 5.58. The van der Waals surface area contributed by atoms with Gasteiger partial charge in [-0.25, -0.2) is 0 Å². The molecule has 0 saturated heterocycles. The first-order valence-corrected chi connectivity index (χ1v) is 8.66. The van der Waals surface area contributed by atoms with Crippen molar-refractivity contribution in [2.75, 3.05) is 0 Å². The summed E-state index contributed by atoms with van der Waals surface area (Å²) in [7, 11) is 0. The number of aromatic amines is 1. The minimum atomic E-state index is 0.256. The number of pyridine rings is 1. The van der Waals surface area contributed by atoms with E-state index in [4.69, 9.17) is 4.74 Å². The maximum Gasteiger partial charge on any atom is 0.123 e. The highest BCUT2D eigenvalue weighted by Gasteiger charge is 2.20. The van der Waals surface area contributed by atoms with Crippen LogP contribution in [-0.2, 0) is 13.0 Å². The summed E-state index contributed by atoms with van der Waals surface area (Å²) in [6, 6.07) is 12.7. The van der Waals surface area contributed by atoms with Crippen LogP contribution in [0.25, 0.3) is 11.3 Å². The maximum atomic E-state index is 5.78. The van der Waals surface area contributed by atoms with Crippen molar-refractivity contribution in [3.8, 4) is 17.0 Å². The predicted molar refractivity (Wildman–Crippen MR) is 97.3 cm³/mol. The molecule has 0 bridgehead atoms. The number of rotatable bonds is 5. The Balaban J connectivity index is 1.40. The van der Waals surface area contributed by atoms with Crippen molar-refractivity contribution in [2.24, 2.45) is 0 Å². The van der Waals surface area contributed by atoms with E-state index in [1.165, 1.54) is 11.1 Å². The van der Waals surface area contributed by atoms with Gasteiger partial charge in [0.2, 0.25) is 0 Å². The van der Waals surface area contributed by atoms with Crippen LogP contribution in [0.15, 0.2) is 48.8 Å². The Morgan fingerprint density at radius 1 is 1.32 bits per heavy atom. The van der Waals surface area contributed by atoms with E-state index in [0.717, 1.165) is 35.7 Å². The Morgan fingerprint density at radius 2 is 2.24 bits per heavy atom. The summed E-state index contributed by atoms with van der Waals surface area (Å²) in [6.45, 7) is 5.03. The highest BCUT2D eigenvalue weighted by Crippen LogP contribution is 2.31. The zero-order valence-corrected chi connectivity index (χ0v) is 14.5. The second-order valence-electron chi connectivity index (χ2n) is 6.62. The molecule has 128 valence electrons. The van der Waals surface area contributed by atoms with Gasteiger partial charge in [-0.3, -0.25) is 10.1 Å². The Labute approximate surface area is 147 Å². The molecule has 1 unspecified atom stereocenters. The summed E-state index contributed by atoms with van der Waals surface area (Å²) < 4.78 is 5.78. The van der Waals surface area contributed by atoms with Crippen LogP contribution >= 0.6 is 0 Å². The smallest absolute Gasteiger partial charge is 0.123 e. The van der Waals surface area contributed by atoms with Gasteiger partial charge in [-0.05, 0) is 49.2 Å². The fraction of sp³-hybridized carbons (Fsp3) is 0.300. The fourth-order valence-corrected chi connectivity index (χ4v) is 3.21. The van der Waals surface area contributed by atoms with E-state index < -0.39 is 0 Å². The van der Waals surface area contributed by atoms with Gasteiger partial charge in [0.15, 0.2) is 0 Å². The maximum absolute atomic E-state index is 5.78. The van der Waals surface area contributed by atoms with Crippen LogP contribution in [0.1, 0.15) is 36.7 Å². The monoisotopic (exact) mass is 334 g/mol. The Hall–Kier alpha value is -2.66. The van der Waals surface area contributed by atoms with E-state index >= 15 is 0 Å². The molecule has 5 heteroatoms. The Kier molecular flexibility index (Phi) is 4.24. The molecule has 0 spiro atoms. The molecule has 2 N–H and O–H groups in total. The van der Waals surface area contributed by atoms with Gasteiger partial charge in [-0.15, -0.1) is 0 Å². The van der Waals surface area contributed by atoms with Crippen LogP contribution in [-0.4, -0.2) is 21.3 Å². The number of H-pyrrole nitrogens is 1. The van der Waals surface area contributed by atoms with Crippen molar-refractivity contribution < 1.29 is 4.74 Å².